The molecule has 0 aliphatic carbocycles. The summed E-state index contributed by atoms with van der Waals surface area (Å²) in [5.74, 6) is 0.338. The first kappa shape index (κ1) is 23.1. The van der Waals surface area contributed by atoms with E-state index in [0.717, 1.165) is 16.9 Å². The number of hydrogen-bond donors (Lipinski definition) is 1. The highest BCUT2D eigenvalue weighted by Gasteiger charge is 2.41. The molecule has 0 radical (unpaired) electrons. The standard InChI is InChI=1S/C28H28N2O4/c1-17(2)34-21-13-11-20(12-14-21)29-26-25(22-15-10-18(3)16-19(22)4)27(31)30(28(26)32)23-8-6-7-9-24(23)33-5/h6-17,29H,1-5H3. The Kier molecular flexibility index (Phi) is 6.41. The molecule has 0 bridgehead atoms. The van der Waals surface area contributed by atoms with Crippen LogP contribution >= 0.6 is 0 Å². The van der Waals surface area contributed by atoms with Gasteiger partial charge < -0.3 is 14.8 Å². The predicted octanol–water partition coefficient (Wildman–Crippen LogP) is 5.50. The molecular weight excluding hydrogens is 428 g/mol. The van der Waals surface area contributed by atoms with Crippen LogP contribution in [0.5, 0.6) is 11.5 Å². The van der Waals surface area contributed by atoms with Gasteiger partial charge in [0.25, 0.3) is 11.8 Å². The first-order valence-corrected chi connectivity index (χ1v) is 11.2. The molecule has 174 valence electrons. The lowest BCUT2D eigenvalue weighted by Crippen LogP contribution is -2.32. The van der Waals surface area contributed by atoms with Crippen molar-refractivity contribution in [3.05, 3.63) is 89.1 Å². The van der Waals surface area contributed by atoms with Gasteiger partial charge in [0.15, 0.2) is 0 Å². The van der Waals surface area contributed by atoms with E-state index in [2.05, 4.69) is 5.32 Å². The zero-order chi connectivity index (χ0) is 24.4. The number of benzene rings is 3. The third-order valence-corrected chi connectivity index (χ3v) is 5.56. The maximum absolute atomic E-state index is 13.7. The number of nitrogens with one attached hydrogen (secondary N) is 1. The third kappa shape index (κ3) is 4.39. The van der Waals surface area contributed by atoms with E-state index >= 15 is 0 Å². The second-order valence-corrected chi connectivity index (χ2v) is 8.50. The van der Waals surface area contributed by atoms with Crippen molar-refractivity contribution >= 4 is 28.8 Å². The lowest BCUT2D eigenvalue weighted by Gasteiger charge is -2.18. The van der Waals surface area contributed by atoms with E-state index in [4.69, 9.17) is 9.47 Å². The average molecular weight is 457 g/mol. The molecule has 6 nitrogen and oxygen atoms in total. The molecule has 1 N–H and O–H groups in total. The van der Waals surface area contributed by atoms with Crippen LogP contribution in [0.1, 0.15) is 30.5 Å². The Morgan fingerprint density at radius 2 is 1.59 bits per heavy atom. The Hall–Kier alpha value is -4.06. The third-order valence-electron chi connectivity index (χ3n) is 5.56. The van der Waals surface area contributed by atoms with Crippen molar-refractivity contribution in [3.63, 3.8) is 0 Å². The van der Waals surface area contributed by atoms with Crippen LogP contribution in [0.3, 0.4) is 0 Å². The maximum atomic E-state index is 13.7. The summed E-state index contributed by atoms with van der Waals surface area (Å²) in [7, 11) is 1.52. The van der Waals surface area contributed by atoms with E-state index in [-0.39, 0.29) is 11.8 Å². The quantitative estimate of drug-likeness (QED) is 0.476. The summed E-state index contributed by atoms with van der Waals surface area (Å²) in [4.78, 5) is 28.6. The summed E-state index contributed by atoms with van der Waals surface area (Å²) < 4.78 is 11.1. The molecule has 3 aromatic rings. The van der Waals surface area contributed by atoms with Gasteiger partial charge in [-0.25, -0.2) is 4.90 Å². The van der Waals surface area contributed by atoms with Gasteiger partial charge in [0.1, 0.15) is 17.2 Å². The van der Waals surface area contributed by atoms with Crippen LogP contribution in [0.15, 0.2) is 72.4 Å². The van der Waals surface area contributed by atoms with Crippen molar-refractivity contribution < 1.29 is 19.1 Å². The van der Waals surface area contributed by atoms with Crippen LogP contribution in [-0.2, 0) is 9.59 Å². The van der Waals surface area contributed by atoms with E-state index in [1.165, 1.54) is 12.0 Å². The Balaban J connectivity index is 1.80. The smallest absolute Gasteiger partial charge is 0.282 e. The van der Waals surface area contributed by atoms with Gasteiger partial charge in [-0.3, -0.25) is 9.59 Å². The van der Waals surface area contributed by atoms with Crippen LogP contribution in [0.25, 0.3) is 5.57 Å². The number of carbonyl (C=O) groups excluding carboxylic acids is 2. The number of hydrogen-bond acceptors (Lipinski definition) is 5. The van der Waals surface area contributed by atoms with E-state index in [0.29, 0.717) is 28.3 Å². The molecule has 0 aromatic heterocycles. The van der Waals surface area contributed by atoms with Gasteiger partial charge in [-0.2, -0.15) is 0 Å². The summed E-state index contributed by atoms with van der Waals surface area (Å²) in [5.41, 5.74) is 4.34. The number of aryl methyl sites for hydroxylation is 2. The summed E-state index contributed by atoms with van der Waals surface area (Å²) in [6, 6.07) is 20.1. The highest BCUT2D eigenvalue weighted by Crippen LogP contribution is 2.38. The molecule has 6 heteroatoms. The minimum atomic E-state index is -0.438. The number of carbonyl (C=O) groups is 2. The predicted molar refractivity (Wildman–Crippen MR) is 134 cm³/mol. The second kappa shape index (κ2) is 9.43. The second-order valence-electron chi connectivity index (χ2n) is 8.50. The summed E-state index contributed by atoms with van der Waals surface area (Å²) in [6.07, 6.45) is 0.0566. The molecule has 1 aliphatic heterocycles. The van der Waals surface area contributed by atoms with Crippen molar-refractivity contribution in [1.29, 1.82) is 0 Å². The molecule has 0 spiro atoms. The van der Waals surface area contributed by atoms with Gasteiger partial charge in [-0.05, 0) is 75.2 Å². The average Bonchev–Trinajstić information content (AvgIpc) is 3.04. The lowest BCUT2D eigenvalue weighted by atomic mass is 9.97. The number of rotatable bonds is 7. The number of ether oxygens (including phenoxy) is 2. The molecule has 1 aliphatic rings. The Morgan fingerprint density at radius 1 is 0.882 bits per heavy atom. The highest BCUT2D eigenvalue weighted by atomic mass is 16.5. The Morgan fingerprint density at radius 3 is 2.24 bits per heavy atom. The molecular formula is C28H28N2O4. The van der Waals surface area contributed by atoms with Crippen molar-refractivity contribution in [3.8, 4) is 11.5 Å². The molecule has 4 rings (SSSR count). The minimum Gasteiger partial charge on any atom is -0.495 e. The number of anilines is 2. The summed E-state index contributed by atoms with van der Waals surface area (Å²) in [5, 5.41) is 3.20. The SMILES string of the molecule is COc1ccccc1N1C(=O)C(Nc2ccc(OC(C)C)cc2)=C(c2ccc(C)cc2C)C1=O. The number of imide groups is 1. The van der Waals surface area contributed by atoms with Crippen molar-refractivity contribution in [1.82, 2.24) is 0 Å². The van der Waals surface area contributed by atoms with Crippen LogP contribution < -0.4 is 19.7 Å². The fraction of sp³-hybridized carbons (Fsp3) is 0.214. The minimum absolute atomic E-state index is 0.0566. The Bertz CT molecular complexity index is 1280. The molecule has 3 aromatic carbocycles. The number of para-hydroxylation sites is 2. The van der Waals surface area contributed by atoms with Crippen LogP contribution in [0.2, 0.25) is 0 Å². The topological polar surface area (TPSA) is 67.9 Å². The van der Waals surface area contributed by atoms with Gasteiger partial charge in [0, 0.05) is 5.69 Å². The Labute approximate surface area is 199 Å². The largest absolute Gasteiger partial charge is 0.495 e. The molecule has 2 amide bonds. The van der Waals surface area contributed by atoms with Gasteiger partial charge >= 0.3 is 0 Å². The maximum Gasteiger partial charge on any atom is 0.282 e. The number of methoxy groups -OCH3 is 1. The lowest BCUT2D eigenvalue weighted by molar-refractivity contribution is -0.120. The molecule has 0 unspecified atom stereocenters. The monoisotopic (exact) mass is 456 g/mol. The molecule has 0 fully saturated rings. The van der Waals surface area contributed by atoms with E-state index in [1.54, 1.807) is 24.3 Å². The van der Waals surface area contributed by atoms with Crippen molar-refractivity contribution in [2.24, 2.45) is 0 Å². The summed E-state index contributed by atoms with van der Waals surface area (Å²) in [6.45, 7) is 7.85. The van der Waals surface area contributed by atoms with Gasteiger partial charge in [-0.1, -0.05) is 35.9 Å². The fourth-order valence-electron chi connectivity index (χ4n) is 4.06. The first-order chi connectivity index (χ1) is 16.3. The van der Waals surface area contributed by atoms with Crippen LogP contribution in [0.4, 0.5) is 11.4 Å². The zero-order valence-corrected chi connectivity index (χ0v) is 20.0. The normalized spacial score (nSPS) is 13.6. The van der Waals surface area contributed by atoms with Crippen molar-refractivity contribution in [2.45, 2.75) is 33.8 Å². The highest BCUT2D eigenvalue weighted by molar-refractivity contribution is 6.46. The van der Waals surface area contributed by atoms with E-state index in [9.17, 15) is 9.59 Å². The molecule has 0 saturated heterocycles. The first-order valence-electron chi connectivity index (χ1n) is 11.2. The number of nitrogens with zero attached hydrogens (tertiary/aromatic N) is 1. The number of amides is 2. The van der Waals surface area contributed by atoms with Crippen molar-refractivity contribution in [2.75, 3.05) is 17.3 Å². The molecule has 0 saturated carbocycles. The van der Waals surface area contributed by atoms with Crippen LogP contribution in [0, 0.1) is 13.8 Å². The molecule has 34 heavy (non-hydrogen) atoms. The van der Waals surface area contributed by atoms with Gasteiger partial charge in [0.05, 0.1) is 24.5 Å². The molecule has 0 atom stereocenters. The van der Waals surface area contributed by atoms with Crippen LogP contribution in [-0.4, -0.2) is 25.0 Å². The van der Waals surface area contributed by atoms with Gasteiger partial charge in [0.2, 0.25) is 0 Å². The zero-order valence-electron chi connectivity index (χ0n) is 20.0. The fourth-order valence-corrected chi connectivity index (χ4v) is 4.06. The summed E-state index contributed by atoms with van der Waals surface area (Å²) >= 11 is 0. The molecule has 1 heterocycles. The van der Waals surface area contributed by atoms with E-state index in [1.807, 2.05) is 70.2 Å². The van der Waals surface area contributed by atoms with Gasteiger partial charge in [-0.15, -0.1) is 0 Å². The van der Waals surface area contributed by atoms with E-state index < -0.39 is 11.8 Å².